The molecule has 4 heteroatoms. The Balaban J connectivity index is 2.32. The van der Waals surface area contributed by atoms with Gasteiger partial charge in [0.15, 0.2) is 5.75 Å². The summed E-state index contributed by atoms with van der Waals surface area (Å²) < 4.78 is 11.8. The van der Waals surface area contributed by atoms with E-state index in [0.29, 0.717) is 30.6 Å². The van der Waals surface area contributed by atoms with Gasteiger partial charge in [-0.1, -0.05) is 19.9 Å². The van der Waals surface area contributed by atoms with Gasteiger partial charge >= 0.3 is 0 Å². The first kappa shape index (κ1) is 13.3. The topological polar surface area (TPSA) is 44.5 Å². The SMILES string of the molecule is CC(C)COCCOc1c(N)cccc1Br. The Morgan fingerprint density at radius 2 is 2.06 bits per heavy atom. The molecule has 0 unspecified atom stereocenters. The van der Waals surface area contributed by atoms with E-state index < -0.39 is 0 Å². The molecule has 0 saturated heterocycles. The third-order valence-electron chi connectivity index (χ3n) is 1.92. The lowest BCUT2D eigenvalue weighted by Gasteiger charge is -2.11. The van der Waals surface area contributed by atoms with Crippen LogP contribution in [0.5, 0.6) is 5.75 Å². The molecule has 0 bridgehead atoms. The number of rotatable bonds is 6. The van der Waals surface area contributed by atoms with Gasteiger partial charge < -0.3 is 15.2 Å². The van der Waals surface area contributed by atoms with Crippen molar-refractivity contribution in [2.75, 3.05) is 25.6 Å². The van der Waals surface area contributed by atoms with E-state index in [0.717, 1.165) is 11.1 Å². The van der Waals surface area contributed by atoms with Crippen LogP contribution in [-0.2, 0) is 4.74 Å². The smallest absolute Gasteiger partial charge is 0.156 e. The molecule has 90 valence electrons. The Kier molecular flexibility index (Phi) is 5.63. The molecular weight excluding hydrogens is 270 g/mol. The Hall–Kier alpha value is -0.740. The molecule has 0 aromatic heterocycles. The largest absolute Gasteiger partial charge is 0.488 e. The predicted octanol–water partition coefficient (Wildman–Crippen LogP) is 3.08. The summed E-state index contributed by atoms with van der Waals surface area (Å²) in [6.45, 7) is 6.09. The summed E-state index contributed by atoms with van der Waals surface area (Å²) in [6, 6.07) is 5.59. The highest BCUT2D eigenvalue weighted by Gasteiger charge is 2.04. The lowest BCUT2D eigenvalue weighted by molar-refractivity contribution is 0.0819. The second kappa shape index (κ2) is 6.76. The molecule has 1 aromatic carbocycles. The van der Waals surface area contributed by atoms with Gasteiger partial charge in [-0.25, -0.2) is 0 Å². The van der Waals surface area contributed by atoms with E-state index in [4.69, 9.17) is 15.2 Å². The number of ether oxygens (including phenoxy) is 2. The normalized spacial score (nSPS) is 10.8. The maximum absolute atomic E-state index is 5.79. The van der Waals surface area contributed by atoms with Crippen molar-refractivity contribution >= 4 is 21.6 Å². The predicted molar refractivity (Wildman–Crippen MR) is 69.7 cm³/mol. The van der Waals surface area contributed by atoms with Crippen LogP contribution in [-0.4, -0.2) is 19.8 Å². The Morgan fingerprint density at radius 1 is 1.31 bits per heavy atom. The van der Waals surface area contributed by atoms with Crippen molar-refractivity contribution < 1.29 is 9.47 Å². The zero-order valence-corrected chi connectivity index (χ0v) is 11.3. The molecule has 0 spiro atoms. The molecule has 0 radical (unpaired) electrons. The zero-order chi connectivity index (χ0) is 12.0. The Bertz CT molecular complexity index is 309. The molecule has 3 nitrogen and oxygen atoms in total. The molecule has 0 atom stereocenters. The standard InChI is InChI=1S/C12H18BrNO2/c1-9(2)8-15-6-7-16-12-10(13)4-3-5-11(12)14/h3-5,9H,6-8,14H2,1-2H3. The number of para-hydroxylation sites is 1. The van der Waals surface area contributed by atoms with Crippen molar-refractivity contribution in [3.05, 3.63) is 22.7 Å². The maximum Gasteiger partial charge on any atom is 0.156 e. The van der Waals surface area contributed by atoms with E-state index >= 15 is 0 Å². The highest BCUT2D eigenvalue weighted by molar-refractivity contribution is 9.10. The van der Waals surface area contributed by atoms with Crippen molar-refractivity contribution in [2.24, 2.45) is 5.92 Å². The van der Waals surface area contributed by atoms with E-state index in [2.05, 4.69) is 29.8 Å². The van der Waals surface area contributed by atoms with Gasteiger partial charge in [0.05, 0.1) is 16.8 Å². The van der Waals surface area contributed by atoms with Crippen LogP contribution in [0.25, 0.3) is 0 Å². The summed E-state index contributed by atoms with van der Waals surface area (Å²) in [6.07, 6.45) is 0. The van der Waals surface area contributed by atoms with Crippen molar-refractivity contribution in [1.29, 1.82) is 0 Å². The van der Waals surface area contributed by atoms with Gasteiger partial charge in [-0.2, -0.15) is 0 Å². The molecule has 0 aliphatic heterocycles. The van der Waals surface area contributed by atoms with Crippen molar-refractivity contribution in [3.63, 3.8) is 0 Å². The molecule has 0 fully saturated rings. The quantitative estimate of drug-likeness (QED) is 0.646. The number of halogens is 1. The van der Waals surface area contributed by atoms with Gasteiger partial charge in [0.1, 0.15) is 6.61 Å². The van der Waals surface area contributed by atoms with E-state index in [1.807, 2.05) is 18.2 Å². The maximum atomic E-state index is 5.79. The fourth-order valence-corrected chi connectivity index (χ4v) is 1.70. The number of hydrogen-bond donors (Lipinski definition) is 1. The first-order chi connectivity index (χ1) is 7.61. The summed E-state index contributed by atoms with van der Waals surface area (Å²) >= 11 is 3.39. The highest BCUT2D eigenvalue weighted by atomic mass is 79.9. The van der Waals surface area contributed by atoms with E-state index in [-0.39, 0.29) is 0 Å². The van der Waals surface area contributed by atoms with Crippen molar-refractivity contribution in [3.8, 4) is 5.75 Å². The first-order valence-electron chi connectivity index (χ1n) is 5.35. The average Bonchev–Trinajstić information content (AvgIpc) is 2.21. The van der Waals surface area contributed by atoms with Crippen LogP contribution in [0.15, 0.2) is 22.7 Å². The lowest BCUT2D eigenvalue weighted by Crippen LogP contribution is -2.11. The van der Waals surface area contributed by atoms with E-state index in [9.17, 15) is 0 Å². The van der Waals surface area contributed by atoms with Crippen LogP contribution >= 0.6 is 15.9 Å². The van der Waals surface area contributed by atoms with Crippen LogP contribution in [0.3, 0.4) is 0 Å². The third-order valence-corrected chi connectivity index (χ3v) is 2.55. The fourth-order valence-electron chi connectivity index (χ4n) is 1.20. The van der Waals surface area contributed by atoms with Crippen LogP contribution in [0.2, 0.25) is 0 Å². The molecule has 0 aliphatic rings. The molecule has 0 aliphatic carbocycles. The second-order valence-corrected chi connectivity index (χ2v) is 4.83. The van der Waals surface area contributed by atoms with Crippen LogP contribution < -0.4 is 10.5 Å². The molecule has 2 N–H and O–H groups in total. The van der Waals surface area contributed by atoms with Crippen LogP contribution in [0.1, 0.15) is 13.8 Å². The summed E-state index contributed by atoms with van der Waals surface area (Å²) in [4.78, 5) is 0. The highest BCUT2D eigenvalue weighted by Crippen LogP contribution is 2.30. The molecule has 16 heavy (non-hydrogen) atoms. The van der Waals surface area contributed by atoms with E-state index in [1.54, 1.807) is 0 Å². The lowest BCUT2D eigenvalue weighted by atomic mass is 10.2. The van der Waals surface area contributed by atoms with Crippen molar-refractivity contribution in [1.82, 2.24) is 0 Å². The second-order valence-electron chi connectivity index (χ2n) is 3.98. The minimum absolute atomic E-state index is 0.513. The molecular formula is C12H18BrNO2. The minimum atomic E-state index is 0.513. The monoisotopic (exact) mass is 287 g/mol. The summed E-state index contributed by atoms with van der Waals surface area (Å²) in [5.41, 5.74) is 6.43. The fraction of sp³-hybridized carbons (Fsp3) is 0.500. The average molecular weight is 288 g/mol. The number of anilines is 1. The van der Waals surface area contributed by atoms with Crippen LogP contribution in [0, 0.1) is 5.92 Å². The summed E-state index contributed by atoms with van der Waals surface area (Å²) in [5.74, 6) is 1.24. The molecule has 1 rings (SSSR count). The van der Waals surface area contributed by atoms with Gasteiger partial charge in [0, 0.05) is 6.61 Å². The number of nitrogens with two attached hydrogens (primary N) is 1. The van der Waals surface area contributed by atoms with Crippen molar-refractivity contribution in [2.45, 2.75) is 13.8 Å². The Labute approximate surface area is 105 Å². The van der Waals surface area contributed by atoms with Gasteiger partial charge in [0.2, 0.25) is 0 Å². The summed E-state index contributed by atoms with van der Waals surface area (Å²) in [7, 11) is 0. The zero-order valence-electron chi connectivity index (χ0n) is 9.70. The van der Waals surface area contributed by atoms with Gasteiger partial charge in [0.25, 0.3) is 0 Å². The Morgan fingerprint density at radius 3 is 2.69 bits per heavy atom. The molecule has 0 saturated carbocycles. The number of nitrogen functional groups attached to an aromatic ring is 1. The van der Waals surface area contributed by atoms with Gasteiger partial charge in [-0.15, -0.1) is 0 Å². The molecule has 0 heterocycles. The van der Waals surface area contributed by atoms with Crippen LogP contribution in [0.4, 0.5) is 5.69 Å². The molecule has 0 amide bonds. The number of benzene rings is 1. The number of hydrogen-bond acceptors (Lipinski definition) is 3. The third kappa shape index (κ3) is 4.41. The first-order valence-corrected chi connectivity index (χ1v) is 6.15. The van der Waals surface area contributed by atoms with Gasteiger partial charge in [-0.05, 0) is 34.0 Å². The van der Waals surface area contributed by atoms with E-state index in [1.165, 1.54) is 0 Å². The molecule has 1 aromatic rings. The minimum Gasteiger partial charge on any atom is -0.488 e. The summed E-state index contributed by atoms with van der Waals surface area (Å²) in [5, 5.41) is 0. The van der Waals surface area contributed by atoms with Gasteiger partial charge in [-0.3, -0.25) is 0 Å².